The Bertz CT molecular complexity index is 288. The second kappa shape index (κ2) is 6.44. The maximum Gasteiger partial charge on any atom is 0.225 e. The molecular formula is C11H21N3O3. The van der Waals surface area contributed by atoms with E-state index in [1.165, 1.54) is 0 Å². The van der Waals surface area contributed by atoms with E-state index in [4.69, 9.17) is 15.7 Å². The number of nitrogens with two attached hydrogens (primary N) is 1. The molecule has 3 N–H and O–H groups in total. The van der Waals surface area contributed by atoms with E-state index in [1.807, 2.05) is 6.92 Å². The van der Waals surface area contributed by atoms with Gasteiger partial charge in [0.15, 0.2) is 0 Å². The van der Waals surface area contributed by atoms with Gasteiger partial charge in [-0.3, -0.25) is 4.79 Å². The van der Waals surface area contributed by atoms with Gasteiger partial charge in [-0.05, 0) is 19.8 Å². The van der Waals surface area contributed by atoms with Crippen LogP contribution in [0.5, 0.6) is 0 Å². The second-order valence-electron chi connectivity index (χ2n) is 4.49. The molecule has 0 aliphatic carbocycles. The number of hydrogen-bond acceptors (Lipinski definition) is 4. The molecule has 0 saturated carbocycles. The van der Waals surface area contributed by atoms with E-state index in [1.54, 1.807) is 11.9 Å². The minimum atomic E-state index is -0.0835. The fourth-order valence-electron chi connectivity index (χ4n) is 1.87. The molecule has 0 spiro atoms. The first kappa shape index (κ1) is 13.8. The summed E-state index contributed by atoms with van der Waals surface area (Å²) in [6, 6.07) is -0.0835. The van der Waals surface area contributed by atoms with Crippen molar-refractivity contribution in [2.24, 2.45) is 10.9 Å². The van der Waals surface area contributed by atoms with Gasteiger partial charge in [0, 0.05) is 26.1 Å². The molecule has 1 aliphatic rings. The van der Waals surface area contributed by atoms with E-state index >= 15 is 0 Å². The monoisotopic (exact) mass is 243 g/mol. The molecule has 1 fully saturated rings. The second-order valence-corrected chi connectivity index (χ2v) is 4.49. The average molecular weight is 243 g/mol. The highest BCUT2D eigenvalue weighted by molar-refractivity contribution is 5.82. The van der Waals surface area contributed by atoms with E-state index < -0.39 is 0 Å². The van der Waals surface area contributed by atoms with Crippen molar-refractivity contribution in [3.8, 4) is 0 Å². The van der Waals surface area contributed by atoms with Crippen LogP contribution in [0.3, 0.4) is 0 Å². The van der Waals surface area contributed by atoms with E-state index in [2.05, 4.69) is 5.16 Å². The molecule has 17 heavy (non-hydrogen) atoms. The fraction of sp³-hybridized carbons (Fsp3) is 0.818. The maximum atomic E-state index is 11.9. The Morgan fingerprint density at radius 3 is 2.94 bits per heavy atom. The SMILES string of the molecule is CC(CC(N)=NO)N(C)C(=O)CC1CCCO1. The normalized spacial score (nSPS) is 22.5. The number of carbonyl (C=O) groups excluding carboxylic acids is 1. The van der Waals surface area contributed by atoms with Crippen molar-refractivity contribution in [1.82, 2.24) is 4.90 Å². The van der Waals surface area contributed by atoms with Crippen molar-refractivity contribution in [1.29, 1.82) is 0 Å². The van der Waals surface area contributed by atoms with Crippen molar-refractivity contribution >= 4 is 11.7 Å². The zero-order valence-corrected chi connectivity index (χ0v) is 10.4. The van der Waals surface area contributed by atoms with Gasteiger partial charge in [-0.2, -0.15) is 0 Å². The highest BCUT2D eigenvalue weighted by Gasteiger charge is 2.23. The number of rotatable bonds is 5. The number of amides is 1. The Kier molecular flexibility index (Phi) is 5.21. The van der Waals surface area contributed by atoms with Crippen molar-refractivity contribution in [3.63, 3.8) is 0 Å². The lowest BCUT2D eigenvalue weighted by molar-refractivity contribution is -0.133. The van der Waals surface area contributed by atoms with Crippen molar-refractivity contribution < 1.29 is 14.7 Å². The number of carbonyl (C=O) groups is 1. The lowest BCUT2D eigenvalue weighted by Gasteiger charge is -2.25. The summed E-state index contributed by atoms with van der Waals surface area (Å²) in [5, 5.41) is 11.4. The predicted molar refractivity (Wildman–Crippen MR) is 63.8 cm³/mol. The Morgan fingerprint density at radius 1 is 1.71 bits per heavy atom. The summed E-state index contributed by atoms with van der Waals surface area (Å²) in [6.45, 7) is 2.62. The number of amidine groups is 1. The molecule has 1 saturated heterocycles. The Morgan fingerprint density at radius 2 is 2.41 bits per heavy atom. The van der Waals surface area contributed by atoms with Crippen molar-refractivity contribution in [2.45, 2.75) is 44.8 Å². The quantitative estimate of drug-likeness (QED) is 0.319. The number of oxime groups is 1. The lowest BCUT2D eigenvalue weighted by atomic mass is 10.1. The van der Waals surface area contributed by atoms with Crippen LogP contribution < -0.4 is 5.73 Å². The third-order valence-corrected chi connectivity index (χ3v) is 3.11. The minimum Gasteiger partial charge on any atom is -0.409 e. The van der Waals surface area contributed by atoms with Crippen LogP contribution in [0, 0.1) is 0 Å². The molecule has 0 radical (unpaired) electrons. The summed E-state index contributed by atoms with van der Waals surface area (Å²) >= 11 is 0. The van der Waals surface area contributed by atoms with E-state index in [0.29, 0.717) is 12.8 Å². The summed E-state index contributed by atoms with van der Waals surface area (Å²) in [5.41, 5.74) is 5.41. The topological polar surface area (TPSA) is 88.2 Å². The third kappa shape index (κ3) is 4.22. The van der Waals surface area contributed by atoms with E-state index in [9.17, 15) is 4.79 Å². The van der Waals surface area contributed by atoms with Crippen LogP contribution in [0.2, 0.25) is 0 Å². The molecule has 6 heteroatoms. The molecule has 2 atom stereocenters. The van der Waals surface area contributed by atoms with Gasteiger partial charge >= 0.3 is 0 Å². The van der Waals surface area contributed by atoms with Crippen LogP contribution in [0.1, 0.15) is 32.6 Å². The van der Waals surface area contributed by atoms with Gasteiger partial charge < -0.3 is 20.6 Å². The predicted octanol–water partition coefficient (Wildman–Crippen LogP) is 0.539. The molecule has 2 unspecified atom stereocenters. The summed E-state index contributed by atoms with van der Waals surface area (Å²) in [6.07, 6.45) is 2.82. The first-order valence-electron chi connectivity index (χ1n) is 5.88. The van der Waals surface area contributed by atoms with Crippen LogP contribution in [0.15, 0.2) is 5.16 Å². The van der Waals surface area contributed by atoms with Gasteiger partial charge in [-0.1, -0.05) is 5.16 Å². The molecule has 0 bridgehead atoms. The van der Waals surface area contributed by atoms with Gasteiger partial charge in [0.25, 0.3) is 0 Å². The number of hydrogen-bond donors (Lipinski definition) is 2. The first-order valence-corrected chi connectivity index (χ1v) is 5.88. The third-order valence-electron chi connectivity index (χ3n) is 3.11. The van der Waals surface area contributed by atoms with Crippen molar-refractivity contribution in [2.75, 3.05) is 13.7 Å². The molecule has 0 aromatic rings. The summed E-state index contributed by atoms with van der Waals surface area (Å²) < 4.78 is 5.42. The highest BCUT2D eigenvalue weighted by Crippen LogP contribution is 2.17. The number of ether oxygens (including phenoxy) is 1. The molecule has 1 rings (SSSR count). The highest BCUT2D eigenvalue weighted by atomic mass is 16.5. The van der Waals surface area contributed by atoms with Crippen LogP contribution >= 0.6 is 0 Å². The molecule has 0 aromatic carbocycles. The number of nitrogens with zero attached hydrogens (tertiary/aromatic N) is 2. The van der Waals surface area contributed by atoms with Gasteiger partial charge in [0.1, 0.15) is 5.84 Å². The molecule has 1 heterocycles. The van der Waals surface area contributed by atoms with E-state index in [-0.39, 0.29) is 23.9 Å². The largest absolute Gasteiger partial charge is 0.409 e. The van der Waals surface area contributed by atoms with Crippen LogP contribution in [-0.4, -0.2) is 47.7 Å². The smallest absolute Gasteiger partial charge is 0.225 e. The Hall–Kier alpha value is -1.30. The van der Waals surface area contributed by atoms with Gasteiger partial charge in [-0.15, -0.1) is 0 Å². The van der Waals surface area contributed by atoms with Crippen LogP contribution in [0.4, 0.5) is 0 Å². The first-order chi connectivity index (χ1) is 8.04. The average Bonchev–Trinajstić information content (AvgIpc) is 2.80. The molecule has 0 aromatic heterocycles. The zero-order chi connectivity index (χ0) is 12.8. The molecule has 1 aliphatic heterocycles. The summed E-state index contributed by atoms with van der Waals surface area (Å²) in [7, 11) is 1.73. The van der Waals surface area contributed by atoms with Crippen LogP contribution in [0.25, 0.3) is 0 Å². The lowest BCUT2D eigenvalue weighted by Crippen LogP contribution is -2.39. The molecular weight excluding hydrogens is 222 g/mol. The van der Waals surface area contributed by atoms with Gasteiger partial charge in [0.2, 0.25) is 5.91 Å². The van der Waals surface area contributed by atoms with Gasteiger partial charge in [0.05, 0.1) is 12.5 Å². The maximum absolute atomic E-state index is 11.9. The zero-order valence-electron chi connectivity index (χ0n) is 10.4. The molecule has 6 nitrogen and oxygen atoms in total. The molecule has 1 amide bonds. The summed E-state index contributed by atoms with van der Waals surface area (Å²) in [5.74, 6) is 0.171. The Labute approximate surface area is 101 Å². The minimum absolute atomic E-state index is 0.0372. The van der Waals surface area contributed by atoms with Crippen molar-refractivity contribution in [3.05, 3.63) is 0 Å². The molecule has 98 valence electrons. The van der Waals surface area contributed by atoms with Crippen LogP contribution in [-0.2, 0) is 9.53 Å². The fourth-order valence-corrected chi connectivity index (χ4v) is 1.87. The summed E-state index contributed by atoms with van der Waals surface area (Å²) in [4.78, 5) is 13.5. The van der Waals surface area contributed by atoms with Gasteiger partial charge in [-0.25, -0.2) is 0 Å². The van der Waals surface area contributed by atoms with E-state index in [0.717, 1.165) is 19.4 Å². The standard InChI is InChI=1S/C11H21N3O3/c1-8(6-10(12)13-16)14(2)11(15)7-9-4-3-5-17-9/h8-9,16H,3-7H2,1-2H3,(H2,12,13). The Balaban J connectivity index is 2.39.